The molecule has 0 aromatic rings. The van der Waals surface area contributed by atoms with Crippen LogP contribution in [0.2, 0.25) is 0 Å². The minimum absolute atomic E-state index is 0.0180. The molecule has 1 atom stereocenters. The van der Waals surface area contributed by atoms with Gasteiger partial charge in [0.05, 0.1) is 13.2 Å². The largest absolute Gasteiger partial charge is 0.347 e. The van der Waals surface area contributed by atoms with Crippen LogP contribution in [0.3, 0.4) is 0 Å². The van der Waals surface area contributed by atoms with Crippen LogP contribution in [0.4, 0.5) is 0 Å². The molecule has 11 heavy (non-hydrogen) atoms. The quantitative estimate of drug-likeness (QED) is 0.599. The van der Waals surface area contributed by atoms with E-state index in [0.29, 0.717) is 6.61 Å². The smallest absolute Gasteiger partial charge is 0.177 e. The lowest BCUT2D eigenvalue weighted by molar-refractivity contribution is -0.151. The maximum Gasteiger partial charge on any atom is 0.177 e. The summed E-state index contributed by atoms with van der Waals surface area (Å²) >= 11 is 0. The van der Waals surface area contributed by atoms with Crippen molar-refractivity contribution in [2.24, 2.45) is 5.73 Å². The van der Waals surface area contributed by atoms with Gasteiger partial charge in [-0.25, -0.2) is 0 Å². The summed E-state index contributed by atoms with van der Waals surface area (Å²) in [7, 11) is 0. The Kier molecular flexibility index (Phi) is 2.27. The molecule has 4 nitrogen and oxygen atoms in total. The van der Waals surface area contributed by atoms with Crippen molar-refractivity contribution in [1.29, 1.82) is 0 Å². The fourth-order valence-electron chi connectivity index (χ4n) is 0.977. The predicted molar refractivity (Wildman–Crippen MR) is 39.0 cm³/mol. The molecule has 1 aliphatic rings. The van der Waals surface area contributed by atoms with Crippen LogP contribution < -0.4 is 5.73 Å². The van der Waals surface area contributed by atoms with Crippen molar-refractivity contribution in [1.82, 2.24) is 0 Å². The molecule has 0 saturated carbocycles. The number of hydrogen-bond donors (Lipinski definition) is 1. The average Bonchev–Trinajstić information content (AvgIpc) is 2.29. The van der Waals surface area contributed by atoms with Gasteiger partial charge in [-0.05, 0) is 13.8 Å². The van der Waals surface area contributed by atoms with Gasteiger partial charge in [-0.15, -0.1) is 0 Å². The highest BCUT2D eigenvalue weighted by Crippen LogP contribution is 2.22. The monoisotopic (exact) mass is 159 g/mol. The fourth-order valence-corrected chi connectivity index (χ4v) is 0.977. The highest BCUT2D eigenvalue weighted by atomic mass is 16.7. The molecule has 1 fully saturated rings. The topological polar surface area (TPSA) is 61.5 Å². The number of rotatable bonds is 2. The molecule has 0 aromatic carbocycles. The molecule has 64 valence electrons. The first-order valence-corrected chi connectivity index (χ1v) is 3.60. The Hall–Kier alpha value is -0.450. The van der Waals surface area contributed by atoms with E-state index < -0.39 is 11.9 Å². The average molecular weight is 159 g/mol. The molecule has 0 amide bonds. The second kappa shape index (κ2) is 2.89. The van der Waals surface area contributed by atoms with Crippen molar-refractivity contribution in [2.75, 3.05) is 13.2 Å². The summed E-state index contributed by atoms with van der Waals surface area (Å²) in [5.41, 5.74) is 5.16. The lowest BCUT2D eigenvalue weighted by Gasteiger charge is -2.15. The molecule has 0 bridgehead atoms. The van der Waals surface area contributed by atoms with Gasteiger partial charge in [0.15, 0.2) is 11.6 Å². The third-order valence-electron chi connectivity index (χ3n) is 1.57. The second-order valence-corrected chi connectivity index (χ2v) is 2.99. The van der Waals surface area contributed by atoms with Gasteiger partial charge >= 0.3 is 0 Å². The maximum atomic E-state index is 11.0. The van der Waals surface area contributed by atoms with Crippen molar-refractivity contribution in [2.45, 2.75) is 25.7 Å². The van der Waals surface area contributed by atoms with Gasteiger partial charge in [0.1, 0.15) is 6.10 Å². The summed E-state index contributed by atoms with van der Waals surface area (Å²) in [5, 5.41) is 0. The van der Waals surface area contributed by atoms with Crippen molar-refractivity contribution in [3.63, 3.8) is 0 Å². The van der Waals surface area contributed by atoms with Crippen LogP contribution in [-0.4, -0.2) is 30.8 Å². The molecule has 0 spiro atoms. The predicted octanol–water partition coefficient (Wildman–Crippen LogP) is -0.334. The van der Waals surface area contributed by atoms with E-state index in [-0.39, 0.29) is 12.3 Å². The molecular weight excluding hydrogens is 146 g/mol. The van der Waals surface area contributed by atoms with Crippen molar-refractivity contribution < 1.29 is 14.3 Å². The zero-order valence-electron chi connectivity index (χ0n) is 6.79. The highest BCUT2D eigenvalue weighted by Gasteiger charge is 2.35. The Bertz CT molecular complexity index is 167. The Morgan fingerprint density at radius 3 is 2.73 bits per heavy atom. The van der Waals surface area contributed by atoms with E-state index in [4.69, 9.17) is 15.2 Å². The molecule has 1 rings (SSSR count). The lowest BCUT2D eigenvalue weighted by atomic mass is 10.2. The van der Waals surface area contributed by atoms with Crippen molar-refractivity contribution >= 4 is 5.78 Å². The van der Waals surface area contributed by atoms with Crippen LogP contribution in [0.15, 0.2) is 0 Å². The van der Waals surface area contributed by atoms with E-state index in [0.717, 1.165) is 0 Å². The molecule has 0 radical (unpaired) electrons. The zero-order chi connectivity index (χ0) is 8.48. The summed E-state index contributed by atoms with van der Waals surface area (Å²) < 4.78 is 10.4. The molecular formula is C7H13NO3. The van der Waals surface area contributed by atoms with Gasteiger partial charge in [-0.2, -0.15) is 0 Å². The van der Waals surface area contributed by atoms with Gasteiger partial charge < -0.3 is 15.2 Å². The summed E-state index contributed by atoms with van der Waals surface area (Å²) in [5.74, 6) is -0.731. The first kappa shape index (κ1) is 8.64. The Labute approximate surface area is 65.7 Å². The van der Waals surface area contributed by atoms with Gasteiger partial charge in [0.2, 0.25) is 0 Å². The number of Topliss-reactive ketones (excluding diaryl/α,β-unsaturated/α-hetero) is 1. The van der Waals surface area contributed by atoms with Crippen LogP contribution in [0.1, 0.15) is 13.8 Å². The molecule has 1 heterocycles. The van der Waals surface area contributed by atoms with Gasteiger partial charge in [0.25, 0.3) is 0 Å². The molecule has 1 saturated heterocycles. The summed E-state index contributed by atoms with van der Waals surface area (Å²) in [6, 6.07) is 0. The normalized spacial score (nSPS) is 28.8. The lowest BCUT2D eigenvalue weighted by Crippen LogP contribution is -2.31. The second-order valence-electron chi connectivity index (χ2n) is 2.99. The van der Waals surface area contributed by atoms with Crippen LogP contribution in [-0.2, 0) is 14.3 Å². The number of ether oxygens (including phenoxy) is 2. The van der Waals surface area contributed by atoms with E-state index in [1.165, 1.54) is 0 Å². The van der Waals surface area contributed by atoms with Crippen molar-refractivity contribution in [3.05, 3.63) is 0 Å². The standard InChI is InChI=1S/C7H13NO3/c1-7(2)10-4-6(11-7)5(9)3-8/h6H,3-4,8H2,1-2H3. The molecule has 4 heteroatoms. The summed E-state index contributed by atoms with van der Waals surface area (Å²) in [6.07, 6.45) is -0.463. The molecule has 1 aliphatic heterocycles. The third kappa shape index (κ3) is 1.99. The van der Waals surface area contributed by atoms with Gasteiger partial charge in [0, 0.05) is 0 Å². The first-order valence-electron chi connectivity index (χ1n) is 3.60. The molecule has 0 aromatic heterocycles. The van der Waals surface area contributed by atoms with Gasteiger partial charge in [-0.3, -0.25) is 4.79 Å². The molecule has 0 aliphatic carbocycles. The number of hydrogen-bond acceptors (Lipinski definition) is 4. The van der Waals surface area contributed by atoms with Crippen LogP contribution in [0.5, 0.6) is 0 Å². The Balaban J connectivity index is 2.48. The van der Waals surface area contributed by atoms with E-state index in [2.05, 4.69) is 0 Å². The molecule has 2 N–H and O–H groups in total. The molecule has 1 unspecified atom stereocenters. The van der Waals surface area contributed by atoms with Gasteiger partial charge in [-0.1, -0.05) is 0 Å². The summed E-state index contributed by atoms with van der Waals surface area (Å²) in [4.78, 5) is 11.0. The number of ketones is 1. The van der Waals surface area contributed by atoms with E-state index >= 15 is 0 Å². The summed E-state index contributed by atoms with van der Waals surface area (Å²) in [6.45, 7) is 3.89. The Morgan fingerprint density at radius 2 is 2.36 bits per heavy atom. The minimum atomic E-state index is -0.629. The van der Waals surface area contributed by atoms with E-state index in [9.17, 15) is 4.79 Å². The SMILES string of the molecule is CC1(C)OCC(C(=O)CN)O1. The maximum absolute atomic E-state index is 11.0. The minimum Gasteiger partial charge on any atom is -0.347 e. The van der Waals surface area contributed by atoms with Crippen LogP contribution in [0.25, 0.3) is 0 Å². The Morgan fingerprint density at radius 1 is 1.73 bits per heavy atom. The fraction of sp³-hybridized carbons (Fsp3) is 0.857. The number of carbonyl (C=O) groups is 1. The number of carbonyl (C=O) groups excluding carboxylic acids is 1. The zero-order valence-corrected chi connectivity index (χ0v) is 6.79. The van der Waals surface area contributed by atoms with Crippen LogP contribution in [0, 0.1) is 0 Å². The number of nitrogens with two attached hydrogens (primary N) is 1. The van der Waals surface area contributed by atoms with E-state index in [1.54, 1.807) is 13.8 Å². The first-order chi connectivity index (χ1) is 5.05. The van der Waals surface area contributed by atoms with Crippen LogP contribution >= 0.6 is 0 Å². The van der Waals surface area contributed by atoms with Crippen molar-refractivity contribution in [3.8, 4) is 0 Å². The van der Waals surface area contributed by atoms with E-state index in [1.807, 2.05) is 0 Å². The third-order valence-corrected chi connectivity index (χ3v) is 1.57. The highest BCUT2D eigenvalue weighted by molar-refractivity contribution is 5.85.